The van der Waals surface area contributed by atoms with Crippen molar-refractivity contribution in [1.29, 1.82) is 0 Å². The van der Waals surface area contributed by atoms with Gasteiger partial charge < -0.3 is 5.73 Å². The van der Waals surface area contributed by atoms with Crippen molar-refractivity contribution >= 4 is 0 Å². The van der Waals surface area contributed by atoms with E-state index in [0.717, 1.165) is 19.6 Å². The third-order valence-corrected chi connectivity index (χ3v) is 4.19. The van der Waals surface area contributed by atoms with E-state index in [4.69, 9.17) is 5.73 Å². The Bertz CT molecular complexity index is 360. The van der Waals surface area contributed by atoms with Gasteiger partial charge in [0.1, 0.15) is 0 Å². The highest BCUT2D eigenvalue weighted by Crippen LogP contribution is 2.28. The molecule has 1 heterocycles. The van der Waals surface area contributed by atoms with Gasteiger partial charge >= 0.3 is 0 Å². The summed E-state index contributed by atoms with van der Waals surface area (Å²) in [5.74, 6) is 0.676. The Labute approximate surface area is 110 Å². The van der Waals surface area contributed by atoms with Crippen LogP contribution in [-0.4, -0.2) is 33.8 Å². The molecule has 1 aliphatic rings. The summed E-state index contributed by atoms with van der Waals surface area (Å²) in [6, 6.07) is 0.661. The van der Waals surface area contributed by atoms with Crippen molar-refractivity contribution in [2.45, 2.75) is 45.2 Å². The molecule has 0 amide bonds. The van der Waals surface area contributed by atoms with Crippen molar-refractivity contribution in [3.63, 3.8) is 0 Å². The highest BCUT2D eigenvalue weighted by molar-refractivity contribution is 5.04. The van der Waals surface area contributed by atoms with Crippen molar-refractivity contribution in [2.24, 2.45) is 18.7 Å². The van der Waals surface area contributed by atoms with E-state index in [1.807, 2.05) is 17.9 Å². The monoisotopic (exact) mass is 250 g/mol. The fourth-order valence-electron chi connectivity index (χ4n) is 3.20. The maximum Gasteiger partial charge on any atom is 0.0534 e. The van der Waals surface area contributed by atoms with Crippen LogP contribution in [0.25, 0.3) is 0 Å². The van der Waals surface area contributed by atoms with Crippen LogP contribution in [0.4, 0.5) is 0 Å². The number of hydrogen-bond acceptors (Lipinski definition) is 3. The molecule has 18 heavy (non-hydrogen) atoms. The summed E-state index contributed by atoms with van der Waals surface area (Å²) < 4.78 is 1.88. The molecule has 1 aromatic heterocycles. The minimum atomic E-state index is 0.661. The van der Waals surface area contributed by atoms with Gasteiger partial charge in [-0.15, -0.1) is 0 Å². The van der Waals surface area contributed by atoms with E-state index in [-0.39, 0.29) is 0 Å². The number of nitrogens with zero attached hydrogens (tertiary/aromatic N) is 3. The van der Waals surface area contributed by atoms with Gasteiger partial charge in [0.05, 0.1) is 6.20 Å². The van der Waals surface area contributed by atoms with Crippen LogP contribution in [0.15, 0.2) is 12.4 Å². The first-order valence-electron chi connectivity index (χ1n) is 7.16. The van der Waals surface area contributed by atoms with E-state index in [1.165, 1.54) is 31.2 Å². The van der Waals surface area contributed by atoms with Gasteiger partial charge in [0.15, 0.2) is 0 Å². The van der Waals surface area contributed by atoms with Crippen LogP contribution in [0.3, 0.4) is 0 Å². The molecule has 1 fully saturated rings. The van der Waals surface area contributed by atoms with Gasteiger partial charge in [0.25, 0.3) is 0 Å². The fraction of sp³-hybridized carbons (Fsp3) is 0.786. The molecule has 1 aromatic rings. The van der Waals surface area contributed by atoms with E-state index >= 15 is 0 Å². The van der Waals surface area contributed by atoms with E-state index in [0.29, 0.717) is 12.0 Å². The van der Waals surface area contributed by atoms with Crippen LogP contribution in [0.5, 0.6) is 0 Å². The molecule has 1 aliphatic carbocycles. The summed E-state index contributed by atoms with van der Waals surface area (Å²) in [5.41, 5.74) is 7.25. The molecule has 2 atom stereocenters. The van der Waals surface area contributed by atoms with E-state index in [1.54, 1.807) is 0 Å². The van der Waals surface area contributed by atoms with E-state index < -0.39 is 0 Å². The van der Waals surface area contributed by atoms with Crippen LogP contribution >= 0.6 is 0 Å². The Morgan fingerprint density at radius 1 is 1.44 bits per heavy atom. The van der Waals surface area contributed by atoms with Crippen molar-refractivity contribution in [1.82, 2.24) is 14.7 Å². The molecule has 2 rings (SSSR count). The summed E-state index contributed by atoms with van der Waals surface area (Å²) in [6.45, 7) is 5.17. The average molecular weight is 250 g/mol. The summed E-state index contributed by atoms with van der Waals surface area (Å²) >= 11 is 0. The predicted octanol–water partition coefficient (Wildman–Crippen LogP) is 1.76. The summed E-state index contributed by atoms with van der Waals surface area (Å²) in [5, 5.41) is 4.25. The maximum absolute atomic E-state index is 5.94. The molecule has 102 valence electrons. The average Bonchev–Trinajstić information content (AvgIpc) is 2.81. The molecule has 0 bridgehead atoms. The van der Waals surface area contributed by atoms with Crippen LogP contribution in [-0.2, 0) is 13.6 Å². The van der Waals surface area contributed by atoms with Crippen molar-refractivity contribution in [2.75, 3.05) is 13.1 Å². The normalized spacial score (nSPS) is 24.7. The topological polar surface area (TPSA) is 47.1 Å². The second-order valence-corrected chi connectivity index (χ2v) is 5.43. The summed E-state index contributed by atoms with van der Waals surface area (Å²) in [7, 11) is 1.98. The highest BCUT2D eigenvalue weighted by atomic mass is 15.2. The smallest absolute Gasteiger partial charge is 0.0534 e. The number of nitrogens with two attached hydrogens (primary N) is 1. The molecule has 2 unspecified atom stereocenters. The SMILES string of the molecule is CCN(Cc1cnn(C)c1)C1CCCCC1CN. The molecule has 0 radical (unpaired) electrons. The molecule has 2 N–H and O–H groups in total. The standard InChI is InChI=1S/C14H26N4/c1-3-18(11-12-9-16-17(2)10-12)14-7-5-4-6-13(14)8-15/h9-10,13-14H,3-8,11,15H2,1-2H3. The molecule has 1 saturated carbocycles. The number of aryl methyl sites for hydroxylation is 1. The van der Waals surface area contributed by atoms with E-state index in [2.05, 4.69) is 23.1 Å². The third kappa shape index (κ3) is 3.12. The Morgan fingerprint density at radius 3 is 2.83 bits per heavy atom. The first kappa shape index (κ1) is 13.6. The zero-order chi connectivity index (χ0) is 13.0. The Balaban J connectivity index is 2.02. The van der Waals surface area contributed by atoms with Crippen molar-refractivity contribution < 1.29 is 0 Å². The Morgan fingerprint density at radius 2 is 2.22 bits per heavy atom. The van der Waals surface area contributed by atoms with Gasteiger partial charge in [0, 0.05) is 31.4 Å². The van der Waals surface area contributed by atoms with Gasteiger partial charge in [-0.1, -0.05) is 19.8 Å². The quantitative estimate of drug-likeness (QED) is 0.866. The maximum atomic E-state index is 5.94. The number of rotatable bonds is 5. The Hall–Kier alpha value is -0.870. The van der Waals surface area contributed by atoms with Crippen LogP contribution < -0.4 is 5.73 Å². The molecule has 0 saturated heterocycles. The molecule has 0 aromatic carbocycles. The van der Waals surface area contributed by atoms with Crippen molar-refractivity contribution in [3.8, 4) is 0 Å². The summed E-state index contributed by atoms with van der Waals surface area (Å²) in [6.07, 6.45) is 9.39. The third-order valence-electron chi connectivity index (χ3n) is 4.19. The molecule has 0 aliphatic heterocycles. The van der Waals surface area contributed by atoms with Crippen LogP contribution in [0.2, 0.25) is 0 Å². The zero-order valence-electron chi connectivity index (χ0n) is 11.7. The van der Waals surface area contributed by atoms with Crippen LogP contribution in [0, 0.1) is 5.92 Å². The van der Waals surface area contributed by atoms with Crippen molar-refractivity contribution in [3.05, 3.63) is 18.0 Å². The molecule has 0 spiro atoms. The molecule has 4 nitrogen and oxygen atoms in total. The predicted molar refractivity (Wildman–Crippen MR) is 74.1 cm³/mol. The lowest BCUT2D eigenvalue weighted by Crippen LogP contribution is -2.44. The lowest BCUT2D eigenvalue weighted by molar-refractivity contribution is 0.105. The Kier molecular flexibility index (Phi) is 4.78. The van der Waals surface area contributed by atoms with Gasteiger partial charge in [-0.3, -0.25) is 9.58 Å². The van der Waals surface area contributed by atoms with E-state index in [9.17, 15) is 0 Å². The first-order chi connectivity index (χ1) is 8.74. The lowest BCUT2D eigenvalue weighted by atomic mass is 9.83. The minimum absolute atomic E-state index is 0.661. The van der Waals surface area contributed by atoms with Crippen LogP contribution in [0.1, 0.15) is 38.2 Å². The fourth-order valence-corrected chi connectivity index (χ4v) is 3.20. The van der Waals surface area contributed by atoms with Gasteiger partial charge in [-0.05, 0) is 31.8 Å². The second-order valence-electron chi connectivity index (χ2n) is 5.43. The summed E-state index contributed by atoms with van der Waals surface area (Å²) in [4.78, 5) is 2.58. The molecule has 4 heteroatoms. The molecular weight excluding hydrogens is 224 g/mol. The first-order valence-corrected chi connectivity index (χ1v) is 7.16. The second kappa shape index (κ2) is 6.34. The highest BCUT2D eigenvalue weighted by Gasteiger charge is 2.28. The molecular formula is C14H26N4. The number of hydrogen-bond donors (Lipinski definition) is 1. The lowest BCUT2D eigenvalue weighted by Gasteiger charge is -2.39. The van der Waals surface area contributed by atoms with Gasteiger partial charge in [0.2, 0.25) is 0 Å². The minimum Gasteiger partial charge on any atom is -0.330 e. The number of aromatic nitrogens is 2. The zero-order valence-corrected chi connectivity index (χ0v) is 11.7. The largest absolute Gasteiger partial charge is 0.330 e. The van der Waals surface area contributed by atoms with Gasteiger partial charge in [-0.25, -0.2) is 0 Å². The van der Waals surface area contributed by atoms with Gasteiger partial charge in [-0.2, -0.15) is 5.10 Å².